The molecule has 4 N–H and O–H groups in total. The van der Waals surface area contributed by atoms with Gasteiger partial charge in [0.15, 0.2) is 0 Å². The van der Waals surface area contributed by atoms with Gasteiger partial charge in [0, 0.05) is 16.5 Å². The van der Waals surface area contributed by atoms with Crippen molar-refractivity contribution in [2.24, 2.45) is 0 Å². The van der Waals surface area contributed by atoms with Crippen LogP contribution in [0.1, 0.15) is 1.43 Å². The molecule has 0 fully saturated rings. The maximum Gasteiger partial charge on any atom is 1.00 e. The summed E-state index contributed by atoms with van der Waals surface area (Å²) in [6.07, 6.45) is 0. The van der Waals surface area contributed by atoms with Crippen molar-refractivity contribution in [2.45, 2.75) is 4.90 Å². The van der Waals surface area contributed by atoms with Crippen LogP contribution in [0.15, 0.2) is 35.2 Å². The first-order chi connectivity index (χ1) is 7.97. The van der Waals surface area contributed by atoms with Gasteiger partial charge in [0.1, 0.15) is 4.90 Å². The van der Waals surface area contributed by atoms with E-state index < -0.39 is 10.1 Å². The number of hydrogen-bond acceptors (Lipinski definition) is 5. The van der Waals surface area contributed by atoms with E-state index in [0.29, 0.717) is 16.5 Å². The first kappa shape index (κ1) is 15.3. The third-order valence-electron chi connectivity index (χ3n) is 2.55. The van der Waals surface area contributed by atoms with Crippen molar-refractivity contribution < 1.29 is 43.6 Å². The molecule has 0 aliphatic carbocycles. The van der Waals surface area contributed by atoms with Crippen LogP contribution >= 0.6 is 0 Å². The Balaban J connectivity index is 0.00000162. The second-order valence-corrected chi connectivity index (χ2v) is 5.20. The molecule has 2 rings (SSSR count). The normalized spacial score (nSPS) is 11.2. The van der Waals surface area contributed by atoms with E-state index in [1.165, 1.54) is 6.07 Å². The molecule has 0 heterocycles. The number of nitrogen functional groups attached to an aromatic ring is 2. The molecule has 0 aromatic heterocycles. The molecule has 0 aliphatic rings. The van der Waals surface area contributed by atoms with Gasteiger partial charge in [0.2, 0.25) is 0 Å². The summed E-state index contributed by atoms with van der Waals surface area (Å²) >= 11 is 0. The van der Waals surface area contributed by atoms with Crippen LogP contribution in [0.4, 0.5) is 11.4 Å². The third-order valence-corrected chi connectivity index (χ3v) is 3.94. The first-order valence-electron chi connectivity index (χ1n) is 4.84. The zero-order chi connectivity index (χ0) is 12.6. The molecule has 0 saturated carbocycles. The van der Waals surface area contributed by atoms with Crippen LogP contribution in [-0.4, -0.2) is 15.5 Å². The fraction of sp³-hybridized carbons (Fsp3) is 0.0909. The van der Waals surface area contributed by atoms with Crippen molar-refractivity contribution in [1.82, 2.24) is 0 Å². The summed E-state index contributed by atoms with van der Waals surface area (Å²) in [5.41, 5.74) is 12.1. The quantitative estimate of drug-likeness (QED) is 0.393. The molecule has 0 unspecified atom stereocenters. The Morgan fingerprint density at radius 1 is 1.06 bits per heavy atom. The zero-order valence-electron chi connectivity index (χ0n) is 11.2. The molecule has 0 amide bonds. The largest absolute Gasteiger partial charge is 1.00 e. The number of benzene rings is 2. The van der Waals surface area contributed by atoms with Gasteiger partial charge >= 0.3 is 29.6 Å². The van der Waals surface area contributed by atoms with Crippen LogP contribution in [0.2, 0.25) is 0 Å². The van der Waals surface area contributed by atoms with E-state index in [1.54, 1.807) is 24.3 Å². The molecule has 0 saturated heterocycles. The number of nitrogens with two attached hydrogens (primary N) is 2. The van der Waals surface area contributed by atoms with Gasteiger partial charge in [-0.25, -0.2) is 0 Å². The molecule has 0 atom stereocenters. The summed E-state index contributed by atoms with van der Waals surface area (Å²) in [4.78, 5) is -0.0372. The Labute approximate surface area is 129 Å². The van der Waals surface area contributed by atoms with Crippen LogP contribution in [-0.2, 0) is 14.3 Å². The van der Waals surface area contributed by atoms with E-state index >= 15 is 0 Å². The Morgan fingerprint density at radius 3 is 2.33 bits per heavy atom. The number of rotatable bonds is 2. The SMILES string of the molecule is COS(=O)(=O)c1c(N)ccc2c(N)cccc12.[H-].[Na+]. The van der Waals surface area contributed by atoms with Gasteiger partial charge in [-0.3, -0.25) is 4.18 Å². The van der Waals surface area contributed by atoms with E-state index in [1.807, 2.05) is 0 Å². The molecule has 0 spiro atoms. The Bertz CT molecular complexity index is 692. The van der Waals surface area contributed by atoms with Crippen molar-refractivity contribution >= 4 is 32.3 Å². The minimum absolute atomic E-state index is 0. The fourth-order valence-corrected chi connectivity index (χ4v) is 2.70. The maximum atomic E-state index is 11.8. The van der Waals surface area contributed by atoms with Gasteiger partial charge in [-0.05, 0) is 12.1 Å². The van der Waals surface area contributed by atoms with Gasteiger partial charge in [-0.15, -0.1) is 0 Å². The molecule has 0 bridgehead atoms. The van der Waals surface area contributed by atoms with Crippen LogP contribution in [0, 0.1) is 0 Å². The first-order valence-corrected chi connectivity index (χ1v) is 6.25. The second-order valence-electron chi connectivity index (χ2n) is 3.55. The molecule has 0 aliphatic heterocycles. The molecule has 0 radical (unpaired) electrons. The van der Waals surface area contributed by atoms with E-state index in [4.69, 9.17) is 11.5 Å². The van der Waals surface area contributed by atoms with Crippen molar-refractivity contribution in [3.8, 4) is 0 Å². The van der Waals surface area contributed by atoms with Crippen LogP contribution < -0.4 is 41.0 Å². The third kappa shape index (κ3) is 2.48. The Kier molecular flexibility index (Phi) is 4.63. The van der Waals surface area contributed by atoms with E-state index in [2.05, 4.69) is 4.18 Å². The topological polar surface area (TPSA) is 95.4 Å². The summed E-state index contributed by atoms with van der Waals surface area (Å²) in [6, 6.07) is 8.21. The number of hydrogen-bond donors (Lipinski definition) is 2. The minimum atomic E-state index is -3.85. The van der Waals surface area contributed by atoms with Crippen LogP contribution in [0.25, 0.3) is 10.8 Å². The number of anilines is 2. The van der Waals surface area contributed by atoms with Gasteiger partial charge < -0.3 is 12.9 Å². The van der Waals surface area contributed by atoms with Crippen molar-refractivity contribution in [1.29, 1.82) is 0 Å². The zero-order valence-corrected chi connectivity index (χ0v) is 13.0. The average Bonchev–Trinajstić information content (AvgIpc) is 2.28. The molecule has 18 heavy (non-hydrogen) atoms. The number of fused-ring (bicyclic) bond motifs is 1. The monoisotopic (exact) mass is 276 g/mol. The standard InChI is InChI=1S/C11H12N2O3S.Na.H/c1-16-17(14,15)11-8-3-2-4-9(12)7(8)5-6-10(11)13;;/h2-6H,12-13H2,1H3;;/q;+1;-1. The second kappa shape index (κ2) is 5.46. The Morgan fingerprint density at radius 2 is 1.72 bits per heavy atom. The van der Waals surface area contributed by atoms with Crippen LogP contribution in [0.3, 0.4) is 0 Å². The van der Waals surface area contributed by atoms with E-state index in [9.17, 15) is 8.42 Å². The predicted octanol–water partition coefficient (Wildman–Crippen LogP) is -1.54. The summed E-state index contributed by atoms with van der Waals surface area (Å²) in [6.45, 7) is 0. The summed E-state index contributed by atoms with van der Waals surface area (Å²) < 4.78 is 28.1. The minimum Gasteiger partial charge on any atom is -1.00 e. The average molecular weight is 276 g/mol. The molecular weight excluding hydrogens is 263 g/mol. The molecule has 2 aromatic rings. The predicted molar refractivity (Wildman–Crippen MR) is 68.1 cm³/mol. The Hall–Kier alpha value is -0.790. The fourth-order valence-electron chi connectivity index (χ4n) is 1.73. The summed E-state index contributed by atoms with van der Waals surface area (Å²) in [5.74, 6) is 0. The van der Waals surface area contributed by atoms with E-state index in [0.717, 1.165) is 7.11 Å². The van der Waals surface area contributed by atoms with Gasteiger partial charge in [0.05, 0.1) is 12.8 Å². The molecule has 2 aromatic carbocycles. The van der Waals surface area contributed by atoms with Crippen molar-refractivity contribution in [3.05, 3.63) is 30.3 Å². The van der Waals surface area contributed by atoms with Crippen molar-refractivity contribution in [3.63, 3.8) is 0 Å². The van der Waals surface area contributed by atoms with Gasteiger partial charge in [-0.2, -0.15) is 8.42 Å². The summed E-state index contributed by atoms with van der Waals surface area (Å²) in [5, 5.41) is 1.10. The van der Waals surface area contributed by atoms with Gasteiger partial charge in [-0.1, -0.05) is 18.2 Å². The smallest absolute Gasteiger partial charge is 1.00 e. The molecule has 7 heteroatoms. The van der Waals surface area contributed by atoms with Gasteiger partial charge in [0.25, 0.3) is 10.1 Å². The van der Waals surface area contributed by atoms with Crippen molar-refractivity contribution in [2.75, 3.05) is 18.6 Å². The molecule has 5 nitrogen and oxygen atoms in total. The molecular formula is C11H13N2NaO3S. The molecule has 92 valence electrons. The summed E-state index contributed by atoms with van der Waals surface area (Å²) in [7, 11) is -2.76. The maximum absolute atomic E-state index is 11.8. The van der Waals surface area contributed by atoms with E-state index in [-0.39, 0.29) is 41.6 Å². The van der Waals surface area contributed by atoms with Crippen LogP contribution in [0.5, 0.6) is 0 Å².